The van der Waals surface area contributed by atoms with Gasteiger partial charge in [0.2, 0.25) is 5.91 Å². The SMILES string of the molecule is Cc1[nH]nc(Nc2ncnc3cc(OCCC4CCN(c5ccc(C(=O)N6CCN(C[C@H]7CN(C(=O)OC(C)(C)C)[C@@H](C)CN7CC(=O)N7CC(C)(C)c8ncc(Cc9ccc(F)cc9)cc87)[C@H](C)C6)cn5)CC4)c(S(=O)(=O)C(C)(C)C)cc23)c1C. The molecule has 2 aromatic carbocycles. The molecule has 0 unspecified atom stereocenters. The molecule has 20 nitrogen and oxygen atoms in total. The normalized spacial score (nSPS) is 19.9. The van der Waals surface area contributed by atoms with Crippen LogP contribution in [-0.2, 0) is 31.2 Å². The van der Waals surface area contributed by atoms with Gasteiger partial charge < -0.3 is 34.4 Å². The van der Waals surface area contributed by atoms with E-state index in [0.717, 1.165) is 71.9 Å². The van der Waals surface area contributed by atoms with E-state index < -0.39 is 20.2 Å². The first-order valence-corrected chi connectivity index (χ1v) is 31.6. The number of H-pyrrole nitrogens is 1. The average molecular weight is 1200 g/mol. The summed E-state index contributed by atoms with van der Waals surface area (Å²) >= 11 is 0. The Morgan fingerprint density at radius 1 is 0.826 bits per heavy atom. The second kappa shape index (κ2) is 24.5. The topological polar surface area (TPSA) is 216 Å². The van der Waals surface area contributed by atoms with Crippen LogP contribution in [-0.4, -0.2) is 177 Å². The lowest BCUT2D eigenvalue weighted by atomic mass is 9.91. The molecule has 4 aliphatic heterocycles. The average Bonchev–Trinajstić information content (AvgIpc) is 1.57. The van der Waals surface area contributed by atoms with Crippen LogP contribution in [0.1, 0.15) is 127 Å². The van der Waals surface area contributed by atoms with Gasteiger partial charge in [0.15, 0.2) is 15.7 Å². The number of halogens is 1. The van der Waals surface area contributed by atoms with Crippen molar-refractivity contribution in [2.45, 2.75) is 148 Å². The number of anilines is 4. The number of aryl methyl sites for hydroxylation is 1. The molecule has 0 spiro atoms. The number of rotatable bonds is 15. The molecule has 8 heterocycles. The third-order valence-electron chi connectivity index (χ3n) is 17.5. The van der Waals surface area contributed by atoms with Crippen molar-refractivity contribution < 1.29 is 36.7 Å². The van der Waals surface area contributed by atoms with Crippen LogP contribution in [0.3, 0.4) is 0 Å². The maximum Gasteiger partial charge on any atom is 0.410 e. The number of nitrogens with zero attached hydrogens (tertiary/aromatic N) is 11. The Balaban J connectivity index is 0.743. The van der Waals surface area contributed by atoms with Crippen molar-refractivity contribution in [3.63, 3.8) is 0 Å². The summed E-state index contributed by atoms with van der Waals surface area (Å²) in [6, 6.07) is 15.1. The van der Waals surface area contributed by atoms with Crippen molar-refractivity contribution in [3.05, 3.63) is 113 Å². The highest BCUT2D eigenvalue weighted by molar-refractivity contribution is 7.92. The van der Waals surface area contributed by atoms with Crippen LogP contribution >= 0.6 is 0 Å². The number of hydrogen-bond donors (Lipinski definition) is 2. The summed E-state index contributed by atoms with van der Waals surface area (Å²) in [6.07, 6.45) is 7.66. The summed E-state index contributed by atoms with van der Waals surface area (Å²) in [5, 5.41) is 11.1. The Hall–Kier alpha value is -7.30. The quantitative estimate of drug-likeness (QED) is 0.0980. The zero-order valence-corrected chi connectivity index (χ0v) is 52.7. The molecule has 3 atom stereocenters. The predicted molar refractivity (Wildman–Crippen MR) is 331 cm³/mol. The van der Waals surface area contributed by atoms with Crippen LogP contribution in [0.4, 0.5) is 32.3 Å². The summed E-state index contributed by atoms with van der Waals surface area (Å²) in [7, 11) is -3.84. The van der Waals surface area contributed by atoms with Gasteiger partial charge in [0.1, 0.15) is 40.0 Å². The van der Waals surface area contributed by atoms with Gasteiger partial charge in [-0.1, -0.05) is 26.0 Å². The van der Waals surface area contributed by atoms with E-state index in [1.54, 1.807) is 56.1 Å². The minimum atomic E-state index is -3.84. The van der Waals surface area contributed by atoms with Gasteiger partial charge in [-0.25, -0.2) is 32.6 Å². The number of piperidine rings is 1. The molecule has 10 rings (SSSR count). The highest BCUT2D eigenvalue weighted by atomic mass is 32.2. The molecule has 22 heteroatoms. The molecule has 3 fully saturated rings. The van der Waals surface area contributed by atoms with E-state index in [1.807, 2.05) is 75.7 Å². The summed E-state index contributed by atoms with van der Waals surface area (Å²) in [4.78, 5) is 73.6. The lowest BCUT2D eigenvalue weighted by Gasteiger charge is -2.48. The van der Waals surface area contributed by atoms with Crippen molar-refractivity contribution in [2.24, 2.45) is 5.92 Å². The number of amides is 3. The van der Waals surface area contributed by atoms with Crippen LogP contribution in [0.2, 0.25) is 0 Å². The fraction of sp³-hybridized carbons (Fsp3) is 0.531. The lowest BCUT2D eigenvalue weighted by molar-refractivity contribution is -0.121. The van der Waals surface area contributed by atoms with Gasteiger partial charge in [0, 0.05) is 118 Å². The first-order chi connectivity index (χ1) is 40.6. The third kappa shape index (κ3) is 13.5. The largest absolute Gasteiger partial charge is 0.492 e. The number of nitrogens with one attached hydrogen (secondary N) is 2. The number of pyridine rings is 2. The van der Waals surface area contributed by atoms with Crippen molar-refractivity contribution in [1.29, 1.82) is 0 Å². The molecule has 0 radical (unpaired) electrons. The molecule has 0 aliphatic carbocycles. The molecule has 460 valence electrons. The number of aromatic nitrogens is 6. The van der Waals surface area contributed by atoms with Crippen molar-refractivity contribution >= 4 is 61.8 Å². The van der Waals surface area contributed by atoms with Crippen molar-refractivity contribution in [1.82, 2.24) is 49.7 Å². The Morgan fingerprint density at radius 3 is 2.23 bits per heavy atom. The smallest absolute Gasteiger partial charge is 0.410 e. The molecule has 86 heavy (non-hydrogen) atoms. The zero-order chi connectivity index (χ0) is 61.6. The fourth-order valence-electron chi connectivity index (χ4n) is 12.2. The van der Waals surface area contributed by atoms with Crippen LogP contribution in [0.25, 0.3) is 10.9 Å². The molecule has 2 N–H and O–H groups in total. The molecule has 6 aromatic rings. The molecule has 3 amide bonds. The van der Waals surface area contributed by atoms with Crippen LogP contribution in [0.15, 0.2) is 78.2 Å². The number of carbonyl (C=O) groups is 3. The van der Waals surface area contributed by atoms with Gasteiger partial charge in [-0.05, 0) is 148 Å². The zero-order valence-electron chi connectivity index (χ0n) is 51.9. The molecule has 4 aromatic heterocycles. The van der Waals surface area contributed by atoms with Crippen LogP contribution in [0, 0.1) is 25.6 Å². The van der Waals surface area contributed by atoms with E-state index >= 15 is 0 Å². The second-order valence-electron chi connectivity index (χ2n) is 26.6. The standard InChI is InChI=1S/C64H84FN13O7S/c1-40-33-75(25-24-74(40)35-49-36-77(61(81)85-62(5,6)7)41(2)34-76(49)37-56(79)78-38-64(11,12)57-52(78)28-46(31-67-57)27-45-13-16-48(65)17-14-45)60(80)47-15-18-55(66-32-47)73-22-19-44(20-23-73)21-26-84-53-30-51-50(29-54(53)86(82,83)63(8,9)10)59(69-39-68-51)70-58-42(3)43(4)71-72-58/h13-18,28-32,39-41,44,49H,19-27,33-38H2,1-12H3,(H2,68,69,70,71,72)/t40-,41+,49+/m1/s1. The molecule has 4 aliphatic rings. The highest BCUT2D eigenvalue weighted by Gasteiger charge is 2.44. The molecular formula is C64H84FN13O7S. The van der Waals surface area contributed by atoms with E-state index in [-0.39, 0.29) is 64.5 Å². The predicted octanol–water partition coefficient (Wildman–Crippen LogP) is 9.27. The Morgan fingerprint density at radius 2 is 1.57 bits per heavy atom. The number of ether oxygens (including phenoxy) is 2. The first kappa shape index (κ1) is 61.8. The summed E-state index contributed by atoms with van der Waals surface area (Å²) < 4.78 is 53.1. The van der Waals surface area contributed by atoms with Gasteiger partial charge in [-0.15, -0.1) is 0 Å². The van der Waals surface area contributed by atoms with Gasteiger partial charge in [-0.2, -0.15) is 5.10 Å². The summed E-state index contributed by atoms with van der Waals surface area (Å²) in [5.41, 5.74) is 5.38. The van der Waals surface area contributed by atoms with Crippen LogP contribution < -0.4 is 19.9 Å². The number of hydrogen-bond acceptors (Lipinski definition) is 16. The van der Waals surface area contributed by atoms with Gasteiger partial charge in [-0.3, -0.25) is 29.5 Å². The van der Waals surface area contributed by atoms with Gasteiger partial charge >= 0.3 is 6.09 Å². The third-order valence-corrected chi connectivity index (χ3v) is 20.0. The number of fused-ring (bicyclic) bond motifs is 2. The number of aromatic amines is 1. The van der Waals surface area contributed by atoms with E-state index in [2.05, 4.69) is 61.0 Å². The minimum absolute atomic E-state index is 0.0194. The molecule has 0 bridgehead atoms. The molecular weight excluding hydrogens is 1110 g/mol. The van der Waals surface area contributed by atoms with E-state index in [4.69, 9.17) is 19.4 Å². The van der Waals surface area contributed by atoms with Gasteiger partial charge in [0.25, 0.3) is 5.91 Å². The second-order valence-corrected chi connectivity index (χ2v) is 29.3. The number of carbonyl (C=O) groups excluding carboxylic acids is 3. The van der Waals surface area contributed by atoms with E-state index in [1.165, 1.54) is 18.5 Å². The molecule has 0 saturated carbocycles. The lowest BCUT2D eigenvalue weighted by Crippen LogP contribution is -2.65. The maximum atomic E-state index is 14.7. The first-order valence-electron chi connectivity index (χ1n) is 30.1. The van der Waals surface area contributed by atoms with Crippen molar-refractivity contribution in [3.8, 4) is 5.75 Å². The monoisotopic (exact) mass is 1200 g/mol. The number of piperazine rings is 2. The summed E-state index contributed by atoms with van der Waals surface area (Å²) in [6.45, 7) is 28.3. The Kier molecular flexibility index (Phi) is 17.6. The summed E-state index contributed by atoms with van der Waals surface area (Å²) in [5.74, 6) is 2.04. The highest BCUT2D eigenvalue weighted by Crippen LogP contribution is 2.41. The Labute approximate surface area is 505 Å². The number of benzene rings is 2. The van der Waals surface area contributed by atoms with Gasteiger partial charge in [0.05, 0.1) is 40.4 Å². The van der Waals surface area contributed by atoms with E-state index in [9.17, 15) is 27.2 Å². The Bertz CT molecular complexity index is 3580. The minimum Gasteiger partial charge on any atom is -0.492 e. The fourth-order valence-corrected chi connectivity index (χ4v) is 13.5. The number of sulfone groups is 1. The van der Waals surface area contributed by atoms with Crippen LogP contribution in [0.5, 0.6) is 5.75 Å². The van der Waals surface area contributed by atoms with Crippen molar-refractivity contribution in [2.75, 3.05) is 87.2 Å². The van der Waals surface area contributed by atoms with E-state index in [0.29, 0.717) is 92.9 Å². The maximum absolute atomic E-state index is 14.7. The molecule has 3 saturated heterocycles.